The Morgan fingerprint density at radius 2 is 2.06 bits per heavy atom. The number of ether oxygens (including phenoxy) is 2. The van der Waals surface area contributed by atoms with Crippen molar-refractivity contribution in [2.24, 2.45) is 0 Å². The van der Waals surface area contributed by atoms with E-state index in [1.807, 2.05) is 30.3 Å². The lowest BCUT2D eigenvalue weighted by Crippen LogP contribution is -2.16. The second-order valence-corrected chi connectivity index (χ2v) is 4.19. The second kappa shape index (κ2) is 5.14. The Morgan fingerprint density at radius 1 is 1.17 bits per heavy atom. The maximum absolute atomic E-state index is 5.76. The molecule has 4 nitrogen and oxygen atoms in total. The third kappa shape index (κ3) is 2.49. The molecule has 1 saturated heterocycles. The van der Waals surface area contributed by atoms with Crippen molar-refractivity contribution in [2.45, 2.75) is 12.5 Å². The molecule has 4 heteroatoms. The third-order valence-corrected chi connectivity index (χ3v) is 2.84. The number of aromatic nitrogens is 2. The highest BCUT2D eigenvalue weighted by atomic mass is 16.5. The Bertz CT molecular complexity index is 510. The van der Waals surface area contributed by atoms with Crippen LogP contribution in [0.3, 0.4) is 0 Å². The first-order valence-corrected chi connectivity index (χ1v) is 6.05. The summed E-state index contributed by atoms with van der Waals surface area (Å²) < 4.78 is 11.0. The molecule has 2 aromatic rings. The molecule has 0 radical (unpaired) electrons. The Labute approximate surface area is 106 Å². The summed E-state index contributed by atoms with van der Waals surface area (Å²) in [5.74, 6) is 1.30. The van der Waals surface area contributed by atoms with Crippen LogP contribution in [-0.2, 0) is 4.74 Å². The summed E-state index contributed by atoms with van der Waals surface area (Å²) in [6.07, 6.45) is 2.76. The lowest BCUT2D eigenvalue weighted by molar-refractivity contribution is 0.138. The molecule has 1 aliphatic heterocycles. The van der Waals surface area contributed by atoms with Crippen LogP contribution in [0.5, 0.6) is 5.88 Å². The first-order chi connectivity index (χ1) is 8.92. The van der Waals surface area contributed by atoms with Gasteiger partial charge in [-0.1, -0.05) is 30.3 Å². The molecule has 1 aromatic heterocycles. The summed E-state index contributed by atoms with van der Waals surface area (Å²) in [5, 5.41) is 0. The number of hydrogen-bond donors (Lipinski definition) is 0. The molecule has 0 aliphatic carbocycles. The van der Waals surface area contributed by atoms with E-state index >= 15 is 0 Å². The van der Waals surface area contributed by atoms with Gasteiger partial charge in [0.2, 0.25) is 5.88 Å². The van der Waals surface area contributed by atoms with E-state index in [2.05, 4.69) is 9.97 Å². The lowest BCUT2D eigenvalue weighted by Gasteiger charge is -2.11. The number of benzene rings is 1. The maximum Gasteiger partial charge on any atom is 0.217 e. The fraction of sp³-hybridized carbons (Fsp3) is 0.286. The lowest BCUT2D eigenvalue weighted by atomic mass is 10.2. The van der Waals surface area contributed by atoms with E-state index in [0.717, 1.165) is 18.6 Å². The molecule has 92 valence electrons. The van der Waals surface area contributed by atoms with E-state index in [0.29, 0.717) is 18.3 Å². The smallest absolute Gasteiger partial charge is 0.217 e. The van der Waals surface area contributed by atoms with Gasteiger partial charge in [0.05, 0.1) is 13.2 Å². The predicted molar refractivity (Wildman–Crippen MR) is 67.3 cm³/mol. The molecule has 0 spiro atoms. The molecule has 1 atom stereocenters. The molecule has 1 aromatic carbocycles. The number of nitrogens with zero attached hydrogens (tertiary/aromatic N) is 2. The molecule has 0 saturated carbocycles. The van der Waals surface area contributed by atoms with Gasteiger partial charge >= 0.3 is 0 Å². The monoisotopic (exact) mass is 242 g/mol. The highest BCUT2D eigenvalue weighted by Gasteiger charge is 2.17. The summed E-state index contributed by atoms with van der Waals surface area (Å²) in [4.78, 5) is 8.68. The second-order valence-electron chi connectivity index (χ2n) is 4.19. The van der Waals surface area contributed by atoms with E-state index in [1.54, 1.807) is 12.3 Å². The van der Waals surface area contributed by atoms with E-state index in [1.165, 1.54) is 0 Å². The Hall–Kier alpha value is -1.94. The van der Waals surface area contributed by atoms with Gasteiger partial charge in [-0.05, 0) is 0 Å². The van der Waals surface area contributed by atoms with Crippen molar-refractivity contribution in [3.8, 4) is 17.3 Å². The SMILES string of the molecule is c1ccc(-c2nccc(OC3CCOC3)n2)cc1. The first kappa shape index (κ1) is 11.2. The zero-order valence-electron chi connectivity index (χ0n) is 9.95. The van der Waals surface area contributed by atoms with Crippen molar-refractivity contribution in [3.05, 3.63) is 42.6 Å². The summed E-state index contributed by atoms with van der Waals surface area (Å²) in [6.45, 7) is 1.41. The molecule has 1 aliphatic rings. The molecule has 18 heavy (non-hydrogen) atoms. The fourth-order valence-corrected chi connectivity index (χ4v) is 1.91. The Balaban J connectivity index is 1.80. The van der Waals surface area contributed by atoms with Crippen LogP contribution < -0.4 is 4.74 Å². The van der Waals surface area contributed by atoms with Crippen molar-refractivity contribution in [2.75, 3.05) is 13.2 Å². The normalized spacial score (nSPS) is 18.8. The van der Waals surface area contributed by atoms with E-state index < -0.39 is 0 Å². The van der Waals surface area contributed by atoms with Crippen molar-refractivity contribution in [3.63, 3.8) is 0 Å². The van der Waals surface area contributed by atoms with Gasteiger partial charge in [-0.2, -0.15) is 4.98 Å². The summed E-state index contributed by atoms with van der Waals surface area (Å²) in [5.41, 5.74) is 0.991. The zero-order valence-corrected chi connectivity index (χ0v) is 9.95. The van der Waals surface area contributed by atoms with Crippen LogP contribution in [0.1, 0.15) is 6.42 Å². The van der Waals surface area contributed by atoms with Crippen LogP contribution in [0, 0.1) is 0 Å². The highest BCUT2D eigenvalue weighted by molar-refractivity contribution is 5.54. The van der Waals surface area contributed by atoms with Crippen molar-refractivity contribution < 1.29 is 9.47 Å². The van der Waals surface area contributed by atoms with Gasteiger partial charge in [0.1, 0.15) is 6.10 Å². The van der Waals surface area contributed by atoms with Gasteiger partial charge in [-0.25, -0.2) is 4.98 Å². The Kier molecular flexibility index (Phi) is 3.19. The largest absolute Gasteiger partial charge is 0.472 e. The zero-order chi connectivity index (χ0) is 12.2. The maximum atomic E-state index is 5.76. The number of rotatable bonds is 3. The Morgan fingerprint density at radius 3 is 2.83 bits per heavy atom. The van der Waals surface area contributed by atoms with Gasteiger partial charge in [0.15, 0.2) is 5.82 Å². The minimum absolute atomic E-state index is 0.114. The van der Waals surface area contributed by atoms with Gasteiger partial charge in [0.25, 0.3) is 0 Å². The quantitative estimate of drug-likeness (QED) is 0.828. The van der Waals surface area contributed by atoms with Gasteiger partial charge in [-0.15, -0.1) is 0 Å². The highest BCUT2D eigenvalue weighted by Crippen LogP contribution is 2.19. The predicted octanol–water partition coefficient (Wildman–Crippen LogP) is 2.31. The van der Waals surface area contributed by atoms with E-state index in [4.69, 9.17) is 9.47 Å². The van der Waals surface area contributed by atoms with Crippen molar-refractivity contribution in [1.29, 1.82) is 0 Å². The average Bonchev–Trinajstić information content (AvgIpc) is 2.93. The van der Waals surface area contributed by atoms with E-state index in [9.17, 15) is 0 Å². The van der Waals surface area contributed by atoms with Crippen LogP contribution in [0.4, 0.5) is 0 Å². The van der Waals surface area contributed by atoms with Crippen LogP contribution in [0.2, 0.25) is 0 Å². The number of hydrogen-bond acceptors (Lipinski definition) is 4. The van der Waals surface area contributed by atoms with Crippen LogP contribution >= 0.6 is 0 Å². The summed E-state index contributed by atoms with van der Waals surface area (Å²) in [6, 6.07) is 11.7. The van der Waals surface area contributed by atoms with E-state index in [-0.39, 0.29) is 6.10 Å². The van der Waals surface area contributed by atoms with Crippen LogP contribution in [0.25, 0.3) is 11.4 Å². The molecule has 0 bridgehead atoms. The van der Waals surface area contributed by atoms with Crippen molar-refractivity contribution in [1.82, 2.24) is 9.97 Å². The topological polar surface area (TPSA) is 44.2 Å². The first-order valence-electron chi connectivity index (χ1n) is 6.05. The molecule has 3 rings (SSSR count). The standard InChI is InChI=1S/C14H14N2O2/c1-2-4-11(5-3-1)14-15-8-6-13(16-14)18-12-7-9-17-10-12/h1-6,8,12H,7,9-10H2. The summed E-state index contributed by atoms with van der Waals surface area (Å²) >= 11 is 0. The molecule has 2 heterocycles. The third-order valence-electron chi connectivity index (χ3n) is 2.84. The molecular formula is C14H14N2O2. The van der Waals surface area contributed by atoms with Gasteiger partial charge < -0.3 is 9.47 Å². The molecular weight excluding hydrogens is 228 g/mol. The molecule has 1 fully saturated rings. The molecule has 1 unspecified atom stereocenters. The average molecular weight is 242 g/mol. The minimum atomic E-state index is 0.114. The molecule has 0 amide bonds. The van der Waals surface area contributed by atoms with Gasteiger partial charge in [-0.3, -0.25) is 0 Å². The fourth-order valence-electron chi connectivity index (χ4n) is 1.91. The summed E-state index contributed by atoms with van der Waals surface area (Å²) in [7, 11) is 0. The van der Waals surface area contributed by atoms with Crippen LogP contribution in [-0.4, -0.2) is 29.3 Å². The minimum Gasteiger partial charge on any atom is -0.472 e. The van der Waals surface area contributed by atoms with Gasteiger partial charge in [0, 0.05) is 24.2 Å². The molecule has 0 N–H and O–H groups in total. The van der Waals surface area contributed by atoms with Crippen LogP contribution in [0.15, 0.2) is 42.6 Å². The van der Waals surface area contributed by atoms with Crippen molar-refractivity contribution >= 4 is 0 Å².